The van der Waals surface area contributed by atoms with Gasteiger partial charge in [0.1, 0.15) is 0 Å². The van der Waals surface area contributed by atoms with Crippen molar-refractivity contribution in [3.8, 4) is 0 Å². The van der Waals surface area contributed by atoms with Gasteiger partial charge in [-0.2, -0.15) is 26.3 Å². The highest BCUT2D eigenvalue weighted by molar-refractivity contribution is 5.59. The van der Waals surface area contributed by atoms with Crippen molar-refractivity contribution in [2.24, 2.45) is 10.8 Å². The van der Waals surface area contributed by atoms with E-state index in [4.69, 9.17) is 0 Å². The van der Waals surface area contributed by atoms with Gasteiger partial charge in [-0.05, 0) is 24.0 Å². The Balaban J connectivity index is 3.36. The number of benzene rings is 1. The Morgan fingerprint density at radius 2 is 1.04 bits per heavy atom. The molecule has 1 aromatic carbocycles. The maximum absolute atomic E-state index is 13.2. The lowest BCUT2D eigenvalue weighted by atomic mass is 9.80. The summed E-state index contributed by atoms with van der Waals surface area (Å²) in [5.74, 6) is 0. The van der Waals surface area contributed by atoms with Crippen LogP contribution in [0.15, 0.2) is 18.2 Å². The number of halogens is 6. The number of para-hydroxylation sites is 1. The number of rotatable bonds is 5. The van der Waals surface area contributed by atoms with Crippen LogP contribution in [0.25, 0.3) is 0 Å². The van der Waals surface area contributed by atoms with E-state index in [0.29, 0.717) is 16.8 Å². The third kappa shape index (κ3) is 4.82. The van der Waals surface area contributed by atoms with Gasteiger partial charge in [0.2, 0.25) is 0 Å². The van der Waals surface area contributed by atoms with E-state index < -0.39 is 23.2 Å². The molecule has 0 heterocycles. The summed E-state index contributed by atoms with van der Waals surface area (Å²) < 4.78 is 79.3. The molecule has 1 nitrogen and oxygen atoms in total. The van der Waals surface area contributed by atoms with Crippen LogP contribution < -0.4 is 4.90 Å². The first-order valence-corrected chi connectivity index (χ1v) is 7.91. The first-order chi connectivity index (χ1) is 11.0. The summed E-state index contributed by atoms with van der Waals surface area (Å²) in [6.07, 6.45) is -9.41. The average molecular weight is 369 g/mol. The second-order valence-electron chi connectivity index (χ2n) is 7.94. The number of nitrogens with zero attached hydrogens (tertiary/aromatic N) is 1. The standard InChI is InChI=1S/C18H25F6N/c1-15(2,17(19,20)21)10-12-8-7-9-13(14(12)25(5)6)11-16(3,4)18(22,23)24/h7-9H,10-11H2,1-6H3. The number of anilines is 1. The molecule has 0 unspecified atom stereocenters. The van der Waals surface area contributed by atoms with E-state index >= 15 is 0 Å². The van der Waals surface area contributed by atoms with Crippen LogP contribution in [-0.4, -0.2) is 26.4 Å². The molecule has 1 aromatic rings. The Morgan fingerprint density at radius 1 is 0.720 bits per heavy atom. The van der Waals surface area contributed by atoms with Gasteiger partial charge in [-0.15, -0.1) is 0 Å². The first kappa shape index (κ1) is 21.6. The fourth-order valence-corrected chi connectivity index (χ4v) is 2.66. The van der Waals surface area contributed by atoms with Gasteiger partial charge in [0.15, 0.2) is 0 Å². The molecule has 25 heavy (non-hydrogen) atoms. The smallest absolute Gasteiger partial charge is 0.377 e. The van der Waals surface area contributed by atoms with E-state index in [1.165, 1.54) is 6.07 Å². The zero-order chi connectivity index (χ0) is 19.8. The molecule has 0 saturated heterocycles. The molecule has 0 aliphatic rings. The summed E-state index contributed by atoms with van der Waals surface area (Å²) in [4.78, 5) is 1.59. The minimum atomic E-state index is -4.40. The van der Waals surface area contributed by atoms with Gasteiger partial charge in [0.05, 0.1) is 10.8 Å². The van der Waals surface area contributed by atoms with Gasteiger partial charge in [0, 0.05) is 19.8 Å². The van der Waals surface area contributed by atoms with E-state index in [9.17, 15) is 26.3 Å². The summed E-state index contributed by atoms with van der Waals surface area (Å²) in [6.45, 7) is 4.38. The Kier molecular flexibility index (Phi) is 5.82. The first-order valence-electron chi connectivity index (χ1n) is 7.91. The summed E-state index contributed by atoms with van der Waals surface area (Å²) >= 11 is 0. The zero-order valence-corrected chi connectivity index (χ0v) is 15.4. The maximum Gasteiger partial charge on any atom is 0.394 e. The molecule has 0 aromatic heterocycles. The summed E-state index contributed by atoms with van der Waals surface area (Å²) in [5, 5.41) is 0. The van der Waals surface area contributed by atoms with Gasteiger partial charge in [-0.3, -0.25) is 0 Å². The predicted octanol–water partition coefficient (Wildman–Crippen LogP) is 6.01. The van der Waals surface area contributed by atoms with E-state index in [-0.39, 0.29) is 12.8 Å². The van der Waals surface area contributed by atoms with Crippen LogP contribution in [0.1, 0.15) is 38.8 Å². The van der Waals surface area contributed by atoms with Crippen molar-refractivity contribution in [2.75, 3.05) is 19.0 Å². The number of hydrogen-bond donors (Lipinski definition) is 0. The van der Waals surface area contributed by atoms with Crippen LogP contribution in [0.4, 0.5) is 32.0 Å². The van der Waals surface area contributed by atoms with Crippen LogP contribution in [-0.2, 0) is 12.8 Å². The van der Waals surface area contributed by atoms with Crippen molar-refractivity contribution in [2.45, 2.75) is 52.9 Å². The predicted molar refractivity (Wildman–Crippen MR) is 87.8 cm³/mol. The Hall–Kier alpha value is -1.40. The fourth-order valence-electron chi connectivity index (χ4n) is 2.66. The van der Waals surface area contributed by atoms with Crippen molar-refractivity contribution in [1.29, 1.82) is 0 Å². The van der Waals surface area contributed by atoms with Crippen LogP contribution in [0.2, 0.25) is 0 Å². The molecule has 0 N–H and O–H groups in total. The monoisotopic (exact) mass is 369 g/mol. The molecule has 0 bridgehead atoms. The summed E-state index contributed by atoms with van der Waals surface area (Å²) in [5.41, 5.74) is -2.74. The highest BCUT2D eigenvalue weighted by atomic mass is 19.4. The molecule has 0 atom stereocenters. The van der Waals surface area contributed by atoms with Gasteiger partial charge in [-0.1, -0.05) is 45.9 Å². The molecule has 0 radical (unpaired) electrons. The average Bonchev–Trinajstić information content (AvgIpc) is 2.34. The lowest BCUT2D eigenvalue weighted by Gasteiger charge is -2.33. The van der Waals surface area contributed by atoms with Crippen molar-refractivity contribution in [3.63, 3.8) is 0 Å². The van der Waals surface area contributed by atoms with E-state index in [2.05, 4.69) is 0 Å². The van der Waals surface area contributed by atoms with E-state index in [1.807, 2.05) is 0 Å². The second kappa shape index (κ2) is 6.72. The van der Waals surface area contributed by atoms with Crippen LogP contribution >= 0.6 is 0 Å². The minimum Gasteiger partial charge on any atom is -0.377 e. The molecule has 144 valence electrons. The lowest BCUT2D eigenvalue weighted by Crippen LogP contribution is -2.36. The molecule has 7 heteroatoms. The molecule has 0 amide bonds. The Labute approximate surface area is 145 Å². The SMILES string of the molecule is CN(C)c1c(CC(C)(C)C(F)(F)F)cccc1CC(C)(C)C(F)(F)F. The second-order valence-corrected chi connectivity index (χ2v) is 7.94. The fraction of sp³-hybridized carbons (Fsp3) is 0.667. The summed E-state index contributed by atoms with van der Waals surface area (Å²) in [7, 11) is 3.26. The highest BCUT2D eigenvalue weighted by Crippen LogP contribution is 2.45. The molecule has 0 spiro atoms. The van der Waals surface area contributed by atoms with E-state index in [0.717, 1.165) is 27.7 Å². The Bertz CT molecular complexity index is 550. The molecular weight excluding hydrogens is 344 g/mol. The van der Waals surface area contributed by atoms with Crippen molar-refractivity contribution >= 4 is 5.69 Å². The van der Waals surface area contributed by atoms with Gasteiger partial charge < -0.3 is 4.90 Å². The third-order valence-corrected chi connectivity index (χ3v) is 4.45. The molecular formula is C18H25F6N. The molecule has 0 aliphatic carbocycles. The third-order valence-electron chi connectivity index (χ3n) is 4.45. The van der Waals surface area contributed by atoms with Crippen molar-refractivity contribution in [3.05, 3.63) is 29.3 Å². The number of alkyl halides is 6. The molecule has 0 fully saturated rings. The zero-order valence-electron chi connectivity index (χ0n) is 15.4. The van der Waals surface area contributed by atoms with Crippen molar-refractivity contribution in [1.82, 2.24) is 0 Å². The van der Waals surface area contributed by atoms with Gasteiger partial charge in [-0.25, -0.2) is 0 Å². The molecule has 0 aliphatic heterocycles. The Morgan fingerprint density at radius 3 is 1.28 bits per heavy atom. The lowest BCUT2D eigenvalue weighted by molar-refractivity contribution is -0.211. The molecule has 0 saturated carbocycles. The normalized spacial score (nSPS) is 13.9. The topological polar surface area (TPSA) is 3.24 Å². The number of hydrogen-bond acceptors (Lipinski definition) is 1. The van der Waals surface area contributed by atoms with Crippen LogP contribution in [0, 0.1) is 10.8 Å². The van der Waals surface area contributed by atoms with Gasteiger partial charge >= 0.3 is 12.4 Å². The quantitative estimate of drug-likeness (QED) is 0.574. The van der Waals surface area contributed by atoms with Crippen molar-refractivity contribution < 1.29 is 26.3 Å². The highest BCUT2D eigenvalue weighted by Gasteiger charge is 2.49. The van der Waals surface area contributed by atoms with Gasteiger partial charge in [0.25, 0.3) is 0 Å². The summed E-state index contributed by atoms with van der Waals surface area (Å²) in [6, 6.07) is 4.62. The maximum atomic E-state index is 13.2. The minimum absolute atomic E-state index is 0.301. The molecule has 1 rings (SSSR count). The van der Waals surface area contributed by atoms with Crippen LogP contribution in [0.3, 0.4) is 0 Å². The van der Waals surface area contributed by atoms with E-state index in [1.54, 1.807) is 31.1 Å². The largest absolute Gasteiger partial charge is 0.394 e. The van der Waals surface area contributed by atoms with Crippen LogP contribution in [0.5, 0.6) is 0 Å².